The van der Waals surface area contributed by atoms with Gasteiger partial charge in [-0.2, -0.15) is 0 Å². The van der Waals surface area contributed by atoms with Gasteiger partial charge in [0, 0.05) is 5.70 Å². The first-order chi connectivity index (χ1) is 5.11. The van der Waals surface area contributed by atoms with Crippen LogP contribution >= 0.6 is 0 Å². The van der Waals surface area contributed by atoms with Crippen molar-refractivity contribution in [1.82, 2.24) is 0 Å². The highest BCUT2D eigenvalue weighted by Crippen LogP contribution is 2.24. The normalized spacial score (nSPS) is 24.9. The van der Waals surface area contributed by atoms with Crippen molar-refractivity contribution < 1.29 is 0 Å². The molecule has 1 unspecified atom stereocenters. The predicted molar refractivity (Wildman–Crippen MR) is 49.0 cm³/mol. The third-order valence-corrected chi connectivity index (χ3v) is 2.13. The molecule has 0 aliphatic heterocycles. The lowest BCUT2D eigenvalue weighted by atomic mass is 9.89. The monoisotopic (exact) mass is 151 g/mol. The van der Waals surface area contributed by atoms with E-state index in [-0.39, 0.29) is 0 Å². The summed E-state index contributed by atoms with van der Waals surface area (Å²) in [6.45, 7) is 6.60. The zero-order valence-electron chi connectivity index (χ0n) is 7.59. The maximum absolute atomic E-state index is 5.83. The fourth-order valence-electron chi connectivity index (χ4n) is 1.43. The number of nitrogens with two attached hydrogens (primary N) is 1. The molecule has 1 aliphatic carbocycles. The second-order valence-corrected chi connectivity index (χ2v) is 3.65. The van der Waals surface area contributed by atoms with Crippen molar-refractivity contribution in [2.75, 3.05) is 0 Å². The highest BCUT2D eigenvalue weighted by molar-refractivity contribution is 5.33. The van der Waals surface area contributed by atoms with Crippen LogP contribution in [0, 0.1) is 11.8 Å². The molecule has 0 aromatic rings. The molecule has 1 rings (SSSR count). The van der Waals surface area contributed by atoms with Crippen molar-refractivity contribution in [3.05, 3.63) is 23.4 Å². The minimum absolute atomic E-state index is 0.564. The summed E-state index contributed by atoms with van der Waals surface area (Å²) < 4.78 is 0. The minimum Gasteiger partial charge on any atom is -0.399 e. The summed E-state index contributed by atoms with van der Waals surface area (Å²) in [6, 6.07) is 0. The van der Waals surface area contributed by atoms with E-state index in [1.165, 1.54) is 5.57 Å². The Hall–Kier alpha value is -0.720. The first-order valence-electron chi connectivity index (χ1n) is 4.29. The molecule has 62 valence electrons. The van der Waals surface area contributed by atoms with Gasteiger partial charge in [-0.25, -0.2) is 0 Å². The topological polar surface area (TPSA) is 26.0 Å². The zero-order chi connectivity index (χ0) is 8.43. The van der Waals surface area contributed by atoms with Crippen LogP contribution in [0.25, 0.3) is 0 Å². The van der Waals surface area contributed by atoms with Crippen LogP contribution < -0.4 is 5.73 Å². The molecule has 2 N–H and O–H groups in total. The van der Waals surface area contributed by atoms with Gasteiger partial charge >= 0.3 is 0 Å². The fraction of sp³-hybridized carbons (Fsp3) is 0.600. The third kappa shape index (κ3) is 1.86. The van der Waals surface area contributed by atoms with E-state index in [4.69, 9.17) is 5.73 Å². The number of allylic oxidation sites excluding steroid dienone is 3. The lowest BCUT2D eigenvalue weighted by Gasteiger charge is -2.19. The molecule has 0 saturated heterocycles. The summed E-state index contributed by atoms with van der Waals surface area (Å²) in [4.78, 5) is 0. The van der Waals surface area contributed by atoms with Crippen LogP contribution in [0.3, 0.4) is 0 Å². The smallest absolute Gasteiger partial charge is 0.0305 e. The number of rotatable bonds is 1. The lowest BCUT2D eigenvalue weighted by Crippen LogP contribution is -2.12. The van der Waals surface area contributed by atoms with E-state index in [9.17, 15) is 0 Å². The van der Waals surface area contributed by atoms with Gasteiger partial charge in [0.2, 0.25) is 0 Å². The molecule has 0 aromatic carbocycles. The Balaban J connectivity index is 2.81. The van der Waals surface area contributed by atoms with E-state index in [0.29, 0.717) is 11.8 Å². The lowest BCUT2D eigenvalue weighted by molar-refractivity contribution is 0.675. The van der Waals surface area contributed by atoms with Crippen molar-refractivity contribution >= 4 is 0 Å². The average molecular weight is 151 g/mol. The highest BCUT2D eigenvalue weighted by atomic mass is 14.6. The van der Waals surface area contributed by atoms with Crippen LogP contribution in [-0.4, -0.2) is 0 Å². The Labute approximate surface area is 69.0 Å². The van der Waals surface area contributed by atoms with Crippen LogP contribution in [0.1, 0.15) is 27.2 Å². The molecule has 1 aliphatic rings. The van der Waals surface area contributed by atoms with E-state index < -0.39 is 0 Å². The van der Waals surface area contributed by atoms with E-state index in [0.717, 1.165) is 12.1 Å². The van der Waals surface area contributed by atoms with Crippen LogP contribution in [-0.2, 0) is 0 Å². The number of hydrogen-bond donors (Lipinski definition) is 1. The van der Waals surface area contributed by atoms with Crippen molar-refractivity contribution in [3.63, 3.8) is 0 Å². The molecule has 0 spiro atoms. The zero-order valence-corrected chi connectivity index (χ0v) is 7.59. The Kier molecular flexibility index (Phi) is 2.38. The van der Waals surface area contributed by atoms with Crippen molar-refractivity contribution in [1.29, 1.82) is 0 Å². The van der Waals surface area contributed by atoms with Gasteiger partial charge in [-0.15, -0.1) is 0 Å². The maximum atomic E-state index is 5.83. The second kappa shape index (κ2) is 3.12. The third-order valence-electron chi connectivity index (χ3n) is 2.13. The van der Waals surface area contributed by atoms with Gasteiger partial charge in [0.1, 0.15) is 0 Å². The SMILES string of the molecule is CC1C=C(C(C)C)C(N)=CC1. The Morgan fingerprint density at radius 3 is 2.64 bits per heavy atom. The molecule has 0 amide bonds. The van der Waals surface area contributed by atoms with E-state index in [1.807, 2.05) is 0 Å². The van der Waals surface area contributed by atoms with Gasteiger partial charge in [-0.1, -0.05) is 32.9 Å². The molecule has 0 radical (unpaired) electrons. The standard InChI is InChI=1S/C10H17N/c1-7(2)9-6-8(3)4-5-10(9)11/h5-8H,4,11H2,1-3H3. The minimum atomic E-state index is 0.564. The van der Waals surface area contributed by atoms with Gasteiger partial charge in [-0.05, 0) is 23.8 Å². The summed E-state index contributed by atoms with van der Waals surface area (Å²) in [5.41, 5.74) is 8.14. The Bertz CT molecular complexity index is 199. The molecule has 11 heavy (non-hydrogen) atoms. The molecule has 0 heterocycles. The summed E-state index contributed by atoms with van der Waals surface area (Å²) in [5.74, 6) is 1.23. The highest BCUT2D eigenvalue weighted by Gasteiger charge is 2.12. The van der Waals surface area contributed by atoms with Gasteiger partial charge in [0.15, 0.2) is 0 Å². The summed E-state index contributed by atoms with van der Waals surface area (Å²) in [6.07, 6.45) is 5.53. The first-order valence-corrected chi connectivity index (χ1v) is 4.29. The predicted octanol–water partition coefficient (Wildman–Crippen LogP) is 2.45. The van der Waals surface area contributed by atoms with Gasteiger partial charge < -0.3 is 5.73 Å². The fourth-order valence-corrected chi connectivity index (χ4v) is 1.43. The van der Waals surface area contributed by atoms with E-state index in [2.05, 4.69) is 32.9 Å². The van der Waals surface area contributed by atoms with Crippen LogP contribution in [0.5, 0.6) is 0 Å². The average Bonchev–Trinajstić information content (AvgIpc) is 1.94. The van der Waals surface area contributed by atoms with Crippen LogP contribution in [0.2, 0.25) is 0 Å². The van der Waals surface area contributed by atoms with Gasteiger partial charge in [0.25, 0.3) is 0 Å². The van der Waals surface area contributed by atoms with Gasteiger partial charge in [-0.3, -0.25) is 0 Å². The summed E-state index contributed by atoms with van der Waals surface area (Å²) >= 11 is 0. The van der Waals surface area contributed by atoms with Crippen molar-refractivity contribution in [3.8, 4) is 0 Å². The van der Waals surface area contributed by atoms with Gasteiger partial charge in [0.05, 0.1) is 0 Å². The molecule has 1 heteroatoms. The quantitative estimate of drug-likeness (QED) is 0.612. The number of hydrogen-bond acceptors (Lipinski definition) is 1. The first kappa shape index (κ1) is 8.38. The van der Waals surface area contributed by atoms with Crippen LogP contribution in [0.15, 0.2) is 23.4 Å². The molecular formula is C10H17N. The van der Waals surface area contributed by atoms with Crippen LogP contribution in [0.4, 0.5) is 0 Å². The second-order valence-electron chi connectivity index (χ2n) is 3.65. The molecule has 1 atom stereocenters. The van der Waals surface area contributed by atoms with E-state index in [1.54, 1.807) is 0 Å². The maximum Gasteiger partial charge on any atom is 0.0305 e. The Morgan fingerprint density at radius 2 is 2.18 bits per heavy atom. The summed E-state index contributed by atoms with van der Waals surface area (Å²) in [5, 5.41) is 0. The summed E-state index contributed by atoms with van der Waals surface area (Å²) in [7, 11) is 0. The largest absolute Gasteiger partial charge is 0.399 e. The van der Waals surface area contributed by atoms with Crippen molar-refractivity contribution in [2.45, 2.75) is 27.2 Å². The Morgan fingerprint density at radius 1 is 1.55 bits per heavy atom. The molecule has 1 nitrogen and oxygen atoms in total. The molecule has 0 bridgehead atoms. The van der Waals surface area contributed by atoms with Crippen molar-refractivity contribution in [2.24, 2.45) is 17.6 Å². The molecule has 0 saturated carbocycles. The molecular weight excluding hydrogens is 134 g/mol. The van der Waals surface area contributed by atoms with E-state index >= 15 is 0 Å². The molecule has 0 aromatic heterocycles. The molecule has 0 fully saturated rings.